The van der Waals surface area contributed by atoms with Crippen molar-refractivity contribution in [3.05, 3.63) is 127 Å². The maximum atomic E-state index is 7.04. The second-order valence-corrected chi connectivity index (χ2v) is 17.7. The van der Waals surface area contributed by atoms with Crippen molar-refractivity contribution in [1.29, 1.82) is 0 Å². The van der Waals surface area contributed by atoms with Crippen molar-refractivity contribution >= 4 is 78.8 Å². The summed E-state index contributed by atoms with van der Waals surface area (Å²) in [5, 5.41) is 8.50. The maximum Gasteiger partial charge on any atom is 0.145 e. The first-order valence-electron chi connectivity index (χ1n) is 15.0. The second-order valence-electron chi connectivity index (χ2n) is 12.6. The summed E-state index contributed by atoms with van der Waals surface area (Å²) in [5.74, 6) is 0. The Labute approximate surface area is 250 Å². The van der Waals surface area contributed by atoms with E-state index in [1.54, 1.807) is 0 Å². The van der Waals surface area contributed by atoms with Crippen molar-refractivity contribution in [2.24, 2.45) is 0 Å². The fraction of sp³-hybridized carbons (Fsp3) is 0.0769. The molecule has 0 aliphatic heterocycles. The van der Waals surface area contributed by atoms with Gasteiger partial charge in [0.1, 0.15) is 11.2 Å². The van der Waals surface area contributed by atoms with Crippen LogP contribution in [0.15, 0.2) is 132 Å². The third-order valence-corrected chi connectivity index (χ3v) is 11.1. The largest absolute Gasteiger partial charge is 0.455 e. The molecule has 0 radical (unpaired) electrons. The molecule has 3 heterocycles. The Balaban J connectivity index is 1.39. The summed E-state index contributed by atoms with van der Waals surface area (Å²) in [6, 6.07) is 46.2. The number of para-hydroxylation sites is 3. The number of aromatic nitrogens is 2. The zero-order valence-corrected chi connectivity index (χ0v) is 25.4. The average Bonchev–Trinajstić information content (AvgIpc) is 3.68. The third-order valence-electron chi connectivity index (χ3n) is 9.08. The molecule has 206 valence electrons. The van der Waals surface area contributed by atoms with Crippen LogP contribution in [0.5, 0.6) is 0 Å². The van der Waals surface area contributed by atoms with Gasteiger partial charge in [0.15, 0.2) is 0 Å². The first-order chi connectivity index (χ1) is 21.0. The average molecular weight is 571 g/mol. The van der Waals surface area contributed by atoms with E-state index in [1.807, 2.05) is 0 Å². The van der Waals surface area contributed by atoms with Crippen molar-refractivity contribution in [3.8, 4) is 11.4 Å². The molecule has 0 aliphatic rings. The lowest BCUT2D eigenvalue weighted by Crippen LogP contribution is -2.37. The molecule has 0 aliphatic carbocycles. The van der Waals surface area contributed by atoms with Crippen molar-refractivity contribution < 1.29 is 4.42 Å². The van der Waals surface area contributed by atoms with Gasteiger partial charge in [-0.05, 0) is 60.7 Å². The molecule has 0 N–H and O–H groups in total. The molecular formula is C39H30N2OSi. The van der Waals surface area contributed by atoms with Crippen molar-refractivity contribution in [2.75, 3.05) is 0 Å². The number of rotatable bonds is 3. The number of hydrogen-bond donors (Lipinski definition) is 0. The Hall–Kier alpha value is -5.06. The molecule has 6 aromatic carbocycles. The summed E-state index contributed by atoms with van der Waals surface area (Å²) in [5.41, 5.74) is 8.91. The second kappa shape index (κ2) is 8.73. The van der Waals surface area contributed by atoms with Crippen LogP contribution in [0.25, 0.3) is 76.9 Å². The van der Waals surface area contributed by atoms with Gasteiger partial charge in [0.25, 0.3) is 0 Å². The van der Waals surface area contributed by atoms with Crippen LogP contribution in [0.4, 0.5) is 0 Å². The molecule has 43 heavy (non-hydrogen) atoms. The lowest BCUT2D eigenvalue weighted by molar-refractivity contribution is 0.677. The molecular weight excluding hydrogens is 541 g/mol. The third kappa shape index (κ3) is 3.41. The van der Waals surface area contributed by atoms with E-state index in [4.69, 9.17) is 4.42 Å². The summed E-state index contributed by atoms with van der Waals surface area (Å²) >= 11 is 0. The van der Waals surface area contributed by atoms with E-state index in [1.165, 1.54) is 38.1 Å². The molecule has 0 saturated heterocycles. The summed E-state index contributed by atoms with van der Waals surface area (Å²) in [4.78, 5) is 0. The molecule has 0 unspecified atom stereocenters. The number of hydrogen-bond acceptors (Lipinski definition) is 1. The molecule has 9 aromatic rings. The first kappa shape index (κ1) is 24.5. The Morgan fingerprint density at radius 2 is 0.884 bits per heavy atom. The van der Waals surface area contributed by atoms with Gasteiger partial charge in [-0.25, -0.2) is 0 Å². The minimum Gasteiger partial charge on any atom is -0.455 e. The topological polar surface area (TPSA) is 23.0 Å². The van der Waals surface area contributed by atoms with Gasteiger partial charge in [0.05, 0.1) is 40.9 Å². The van der Waals surface area contributed by atoms with Gasteiger partial charge in [-0.3, -0.25) is 0 Å². The maximum absolute atomic E-state index is 7.04. The van der Waals surface area contributed by atoms with Gasteiger partial charge in [-0.2, -0.15) is 0 Å². The van der Waals surface area contributed by atoms with Gasteiger partial charge >= 0.3 is 0 Å². The minimum atomic E-state index is -1.39. The van der Waals surface area contributed by atoms with Crippen molar-refractivity contribution in [3.63, 3.8) is 0 Å². The molecule has 0 saturated carbocycles. The van der Waals surface area contributed by atoms with Crippen LogP contribution in [-0.2, 0) is 0 Å². The Kier molecular flexibility index (Phi) is 4.98. The van der Waals surface area contributed by atoms with Gasteiger partial charge in [-0.15, -0.1) is 0 Å². The first-order valence-corrected chi connectivity index (χ1v) is 18.5. The molecule has 0 fully saturated rings. The minimum absolute atomic E-state index is 0.946. The summed E-state index contributed by atoms with van der Waals surface area (Å²) in [6.45, 7) is 7.19. The van der Waals surface area contributed by atoms with Gasteiger partial charge < -0.3 is 13.6 Å². The predicted molar refractivity (Wildman–Crippen MR) is 185 cm³/mol. The molecule has 9 rings (SSSR count). The number of benzene rings is 6. The standard InChI is InChI=1S/C39H30N2OSi/c1-43(2,3)27-19-17-26(18-20-27)41-33-16-10-8-14-31(33)37-35(41)24-22-29-28-21-23-34-36(38(28)42-39(29)37)30-13-7-9-15-32(30)40(34)25-11-5-4-6-12-25/h4-24H,1-3H3. The van der Waals surface area contributed by atoms with E-state index >= 15 is 0 Å². The van der Waals surface area contributed by atoms with Crippen LogP contribution in [-0.4, -0.2) is 17.2 Å². The number of nitrogens with zero attached hydrogens (tertiary/aromatic N) is 2. The molecule has 4 heteroatoms. The number of fused-ring (bicyclic) bond motifs is 11. The lowest BCUT2D eigenvalue weighted by Gasteiger charge is -2.17. The fourth-order valence-corrected chi connectivity index (χ4v) is 8.21. The molecule has 3 aromatic heterocycles. The van der Waals surface area contributed by atoms with Gasteiger partial charge in [0.2, 0.25) is 0 Å². The predicted octanol–water partition coefficient (Wildman–Crippen LogP) is 10.3. The zero-order valence-electron chi connectivity index (χ0n) is 24.4. The summed E-state index contributed by atoms with van der Waals surface area (Å²) < 4.78 is 11.8. The Morgan fingerprint density at radius 1 is 0.419 bits per heavy atom. The SMILES string of the molecule is C[Si](C)(C)c1ccc(-n2c3ccccc3c3c4oc5c(ccc6c5c5ccccc5n6-c5ccccc5)c4ccc32)cc1. The van der Waals surface area contributed by atoms with Crippen LogP contribution >= 0.6 is 0 Å². The summed E-state index contributed by atoms with van der Waals surface area (Å²) in [6.07, 6.45) is 0. The van der Waals surface area contributed by atoms with E-state index in [0.717, 1.165) is 44.0 Å². The highest BCUT2D eigenvalue weighted by atomic mass is 28.3. The van der Waals surface area contributed by atoms with E-state index in [9.17, 15) is 0 Å². The smallest absolute Gasteiger partial charge is 0.145 e. The van der Waals surface area contributed by atoms with E-state index in [0.29, 0.717) is 0 Å². The lowest BCUT2D eigenvalue weighted by atomic mass is 10.1. The Morgan fingerprint density at radius 3 is 1.40 bits per heavy atom. The van der Waals surface area contributed by atoms with Crippen LogP contribution in [0.1, 0.15) is 0 Å². The highest BCUT2D eigenvalue weighted by Crippen LogP contribution is 2.44. The van der Waals surface area contributed by atoms with E-state index < -0.39 is 8.07 Å². The van der Waals surface area contributed by atoms with E-state index in [2.05, 4.69) is 156 Å². The molecule has 0 atom stereocenters. The molecule has 0 bridgehead atoms. The normalized spacial score (nSPS) is 12.5. The summed E-state index contributed by atoms with van der Waals surface area (Å²) in [7, 11) is -1.39. The number of furan rings is 1. The van der Waals surface area contributed by atoms with Crippen LogP contribution in [0.2, 0.25) is 19.6 Å². The molecule has 3 nitrogen and oxygen atoms in total. The van der Waals surface area contributed by atoms with Crippen molar-refractivity contribution in [2.45, 2.75) is 19.6 Å². The van der Waals surface area contributed by atoms with Gasteiger partial charge in [-0.1, -0.05) is 91.6 Å². The highest BCUT2D eigenvalue weighted by Gasteiger charge is 2.22. The monoisotopic (exact) mass is 570 g/mol. The Bertz CT molecular complexity index is 2520. The van der Waals surface area contributed by atoms with Crippen molar-refractivity contribution in [1.82, 2.24) is 9.13 Å². The zero-order chi connectivity index (χ0) is 28.9. The van der Waals surface area contributed by atoms with Crippen LogP contribution < -0.4 is 5.19 Å². The molecule has 0 amide bonds. The van der Waals surface area contributed by atoms with Crippen LogP contribution in [0, 0.1) is 0 Å². The van der Waals surface area contributed by atoms with Gasteiger partial charge in [0, 0.05) is 32.9 Å². The highest BCUT2D eigenvalue weighted by molar-refractivity contribution is 6.88. The molecule has 0 spiro atoms. The van der Waals surface area contributed by atoms with Crippen LogP contribution in [0.3, 0.4) is 0 Å². The fourth-order valence-electron chi connectivity index (χ4n) is 7.04. The van der Waals surface area contributed by atoms with E-state index in [-0.39, 0.29) is 0 Å². The quantitative estimate of drug-likeness (QED) is 0.194.